The van der Waals surface area contributed by atoms with E-state index < -0.39 is 0 Å². The Morgan fingerprint density at radius 3 is 3.10 bits per heavy atom. The van der Waals surface area contributed by atoms with Gasteiger partial charge in [0.15, 0.2) is 0 Å². The number of carbonyl (C=O) groups is 1. The number of hydrogen-bond acceptors (Lipinski definition) is 5. The Balaban J connectivity index is 1.77. The van der Waals surface area contributed by atoms with Crippen LogP contribution in [0.5, 0.6) is 0 Å². The predicted octanol–water partition coefficient (Wildman–Crippen LogP) is 0.745. The molecular weight excluding hydrogens is 270 g/mol. The maximum absolute atomic E-state index is 12.0. The number of anilines is 1. The second-order valence-corrected chi connectivity index (χ2v) is 4.45. The van der Waals surface area contributed by atoms with Crippen molar-refractivity contribution < 1.29 is 4.79 Å². The number of pyridine rings is 1. The van der Waals surface area contributed by atoms with Crippen LogP contribution < -0.4 is 5.32 Å². The predicted molar refractivity (Wildman–Crippen MR) is 73.3 cm³/mol. The van der Waals surface area contributed by atoms with Crippen molar-refractivity contribution in [2.24, 2.45) is 0 Å². The number of nitrogens with zero attached hydrogens (tertiary/aromatic N) is 6. The number of rotatable bonds is 3. The van der Waals surface area contributed by atoms with E-state index in [1.807, 2.05) is 31.3 Å². The van der Waals surface area contributed by atoms with Gasteiger partial charge in [0.2, 0.25) is 5.91 Å². The van der Waals surface area contributed by atoms with Crippen molar-refractivity contribution in [3.05, 3.63) is 42.2 Å². The molecular formula is C13H11N7O. The van der Waals surface area contributed by atoms with E-state index in [1.54, 1.807) is 10.6 Å². The molecule has 21 heavy (non-hydrogen) atoms. The molecule has 0 aliphatic heterocycles. The van der Waals surface area contributed by atoms with Crippen LogP contribution in [0.3, 0.4) is 0 Å². The summed E-state index contributed by atoms with van der Waals surface area (Å²) in [5.74, 6) is 0.347. The van der Waals surface area contributed by atoms with Gasteiger partial charge >= 0.3 is 0 Å². The number of amides is 1. The van der Waals surface area contributed by atoms with Crippen LogP contribution in [0.1, 0.15) is 11.4 Å². The number of aryl methyl sites for hydroxylation is 1. The number of nitrogens with one attached hydrogen (secondary N) is 1. The average molecular weight is 281 g/mol. The standard InChI is InChI=1S/C13H11N7O/c1-9-3-2-4-20-11(6-15-13(9)20)17-12(21)7-19-8-16-10(5-14)18-19/h2-4,6,8H,7H2,1H3,(H,17,21). The summed E-state index contributed by atoms with van der Waals surface area (Å²) in [5, 5.41) is 15.2. The SMILES string of the molecule is Cc1cccn2c(NC(=O)Cn3cnc(C#N)n3)cnc12. The summed E-state index contributed by atoms with van der Waals surface area (Å²) in [6.45, 7) is 1.93. The molecule has 0 aliphatic rings. The van der Waals surface area contributed by atoms with Crippen molar-refractivity contribution >= 4 is 17.4 Å². The Morgan fingerprint density at radius 2 is 2.33 bits per heavy atom. The average Bonchev–Trinajstić information content (AvgIpc) is 3.07. The van der Waals surface area contributed by atoms with Crippen LogP contribution in [0.15, 0.2) is 30.9 Å². The summed E-state index contributed by atoms with van der Waals surface area (Å²) in [4.78, 5) is 20.0. The molecule has 0 fully saturated rings. The summed E-state index contributed by atoms with van der Waals surface area (Å²) < 4.78 is 3.11. The van der Waals surface area contributed by atoms with Gasteiger partial charge in [-0.05, 0) is 18.6 Å². The molecule has 0 spiro atoms. The number of aromatic nitrogens is 5. The number of carbonyl (C=O) groups excluding carboxylic acids is 1. The minimum Gasteiger partial charge on any atom is -0.309 e. The van der Waals surface area contributed by atoms with Gasteiger partial charge in [-0.25, -0.2) is 14.6 Å². The van der Waals surface area contributed by atoms with E-state index in [9.17, 15) is 4.79 Å². The minimum absolute atomic E-state index is 0.0201. The largest absolute Gasteiger partial charge is 0.309 e. The monoisotopic (exact) mass is 281 g/mol. The van der Waals surface area contributed by atoms with E-state index in [1.165, 1.54) is 11.0 Å². The molecule has 0 bridgehead atoms. The lowest BCUT2D eigenvalue weighted by atomic mass is 10.3. The molecule has 8 heteroatoms. The van der Waals surface area contributed by atoms with Crippen molar-refractivity contribution in [1.29, 1.82) is 5.26 Å². The Bertz CT molecular complexity index is 855. The Labute approximate surface area is 119 Å². The number of nitriles is 1. The first-order valence-electron chi connectivity index (χ1n) is 6.19. The zero-order chi connectivity index (χ0) is 14.8. The second-order valence-electron chi connectivity index (χ2n) is 4.45. The highest BCUT2D eigenvalue weighted by molar-refractivity contribution is 5.90. The zero-order valence-corrected chi connectivity index (χ0v) is 11.2. The maximum Gasteiger partial charge on any atom is 0.252 e. The van der Waals surface area contributed by atoms with Crippen molar-refractivity contribution in [3.8, 4) is 6.07 Å². The van der Waals surface area contributed by atoms with E-state index in [4.69, 9.17) is 5.26 Å². The van der Waals surface area contributed by atoms with Crippen molar-refractivity contribution in [1.82, 2.24) is 24.1 Å². The minimum atomic E-state index is -0.271. The van der Waals surface area contributed by atoms with Crippen molar-refractivity contribution in [2.45, 2.75) is 13.5 Å². The van der Waals surface area contributed by atoms with Crippen LogP contribution in [0.25, 0.3) is 5.65 Å². The quantitative estimate of drug-likeness (QED) is 0.763. The lowest BCUT2D eigenvalue weighted by molar-refractivity contribution is -0.116. The number of hydrogen-bond donors (Lipinski definition) is 1. The van der Waals surface area contributed by atoms with Gasteiger partial charge in [-0.15, -0.1) is 5.10 Å². The van der Waals surface area contributed by atoms with Crippen LogP contribution in [0.4, 0.5) is 5.82 Å². The summed E-state index contributed by atoms with van der Waals surface area (Å²) in [6, 6.07) is 5.64. The first kappa shape index (κ1) is 12.8. The molecule has 8 nitrogen and oxygen atoms in total. The molecule has 1 amide bonds. The van der Waals surface area contributed by atoms with Crippen LogP contribution in [-0.4, -0.2) is 30.1 Å². The molecule has 3 rings (SSSR count). The number of fused-ring (bicyclic) bond motifs is 1. The fourth-order valence-corrected chi connectivity index (χ4v) is 2.00. The van der Waals surface area contributed by atoms with Crippen LogP contribution >= 0.6 is 0 Å². The molecule has 0 saturated carbocycles. The summed E-state index contributed by atoms with van der Waals surface area (Å²) in [5.41, 5.74) is 1.81. The summed E-state index contributed by atoms with van der Waals surface area (Å²) in [7, 11) is 0. The molecule has 0 saturated heterocycles. The first-order chi connectivity index (χ1) is 10.2. The summed E-state index contributed by atoms with van der Waals surface area (Å²) >= 11 is 0. The van der Waals surface area contributed by atoms with Gasteiger partial charge in [0.05, 0.1) is 6.20 Å². The summed E-state index contributed by atoms with van der Waals surface area (Å²) in [6.07, 6.45) is 4.77. The lowest BCUT2D eigenvalue weighted by Crippen LogP contribution is -2.20. The van der Waals surface area contributed by atoms with Crippen molar-refractivity contribution in [3.63, 3.8) is 0 Å². The van der Waals surface area contributed by atoms with E-state index in [0.29, 0.717) is 5.82 Å². The fourth-order valence-electron chi connectivity index (χ4n) is 2.00. The molecule has 3 heterocycles. The van der Waals surface area contributed by atoms with E-state index >= 15 is 0 Å². The third kappa shape index (κ3) is 2.44. The zero-order valence-electron chi connectivity index (χ0n) is 11.2. The Morgan fingerprint density at radius 1 is 1.48 bits per heavy atom. The second kappa shape index (κ2) is 5.05. The normalized spacial score (nSPS) is 10.5. The third-order valence-electron chi connectivity index (χ3n) is 2.94. The van der Waals surface area contributed by atoms with Gasteiger partial charge in [0, 0.05) is 6.20 Å². The molecule has 3 aromatic heterocycles. The highest BCUT2D eigenvalue weighted by atomic mass is 16.2. The molecule has 0 unspecified atom stereocenters. The van der Waals surface area contributed by atoms with Crippen LogP contribution in [0.2, 0.25) is 0 Å². The fraction of sp³-hybridized carbons (Fsp3) is 0.154. The molecule has 0 atom stereocenters. The van der Waals surface area contributed by atoms with E-state index in [-0.39, 0.29) is 18.3 Å². The van der Waals surface area contributed by atoms with Gasteiger partial charge in [0.25, 0.3) is 5.82 Å². The highest BCUT2D eigenvalue weighted by Gasteiger charge is 2.10. The van der Waals surface area contributed by atoms with Gasteiger partial charge < -0.3 is 5.32 Å². The molecule has 0 radical (unpaired) electrons. The third-order valence-corrected chi connectivity index (χ3v) is 2.94. The maximum atomic E-state index is 12.0. The van der Waals surface area contributed by atoms with Crippen molar-refractivity contribution in [2.75, 3.05) is 5.32 Å². The first-order valence-corrected chi connectivity index (χ1v) is 6.19. The topological polar surface area (TPSA) is 101 Å². The molecule has 0 aromatic carbocycles. The van der Waals surface area contributed by atoms with E-state index in [0.717, 1.165) is 11.2 Å². The number of imidazole rings is 1. The lowest BCUT2D eigenvalue weighted by Gasteiger charge is -2.05. The Hall–Kier alpha value is -3.21. The van der Waals surface area contributed by atoms with Crippen LogP contribution in [-0.2, 0) is 11.3 Å². The smallest absolute Gasteiger partial charge is 0.252 e. The molecule has 3 aromatic rings. The van der Waals surface area contributed by atoms with Gasteiger partial charge in [-0.1, -0.05) is 6.07 Å². The molecule has 1 N–H and O–H groups in total. The van der Waals surface area contributed by atoms with Gasteiger partial charge in [0.1, 0.15) is 30.4 Å². The highest BCUT2D eigenvalue weighted by Crippen LogP contribution is 2.14. The van der Waals surface area contributed by atoms with E-state index in [2.05, 4.69) is 20.4 Å². The molecule has 104 valence electrons. The molecule has 0 aliphatic carbocycles. The van der Waals surface area contributed by atoms with Gasteiger partial charge in [-0.2, -0.15) is 5.26 Å². The van der Waals surface area contributed by atoms with Crippen LogP contribution in [0, 0.1) is 18.3 Å². The Kier molecular flexibility index (Phi) is 3.08. The van der Waals surface area contributed by atoms with Gasteiger partial charge in [-0.3, -0.25) is 9.20 Å².